The third-order valence-corrected chi connectivity index (χ3v) is 6.01. The van der Waals surface area contributed by atoms with Crippen LogP contribution in [0.1, 0.15) is 37.6 Å². The Bertz CT molecular complexity index is 1060. The van der Waals surface area contributed by atoms with E-state index in [0.29, 0.717) is 13.0 Å². The molecular weight excluding hydrogens is 415 g/mol. The van der Waals surface area contributed by atoms with Gasteiger partial charge in [-0.2, -0.15) is 0 Å². The molecule has 1 aliphatic rings. The Morgan fingerprint density at radius 1 is 0.939 bits per heavy atom. The van der Waals surface area contributed by atoms with Crippen LogP contribution < -0.4 is 4.90 Å². The van der Waals surface area contributed by atoms with Crippen LogP contribution >= 0.6 is 0 Å². The number of aryl methyl sites for hydroxylation is 1. The van der Waals surface area contributed by atoms with Gasteiger partial charge in [-0.05, 0) is 38.0 Å². The maximum Gasteiger partial charge on any atom is 0.161 e. The molecule has 0 atom stereocenters. The van der Waals surface area contributed by atoms with Crippen molar-refractivity contribution in [1.29, 1.82) is 0 Å². The molecule has 1 aliphatic heterocycles. The molecule has 0 amide bonds. The third-order valence-electron chi connectivity index (χ3n) is 6.01. The zero-order valence-corrected chi connectivity index (χ0v) is 19.8. The van der Waals surface area contributed by atoms with Gasteiger partial charge in [0, 0.05) is 56.0 Å². The maximum atomic E-state index is 13.5. The maximum absolute atomic E-state index is 13.5. The molecule has 1 N–H and O–H groups in total. The van der Waals surface area contributed by atoms with Crippen molar-refractivity contribution in [2.24, 2.45) is 0 Å². The number of benzene rings is 2. The highest BCUT2D eigenvalue weighted by Gasteiger charge is 2.26. The summed E-state index contributed by atoms with van der Waals surface area (Å²) in [5.74, 6) is 1.48. The minimum Gasteiger partial charge on any atom is -0.389 e. The zero-order chi connectivity index (χ0) is 23.4. The average Bonchev–Trinajstić information content (AvgIpc) is 2.80. The van der Waals surface area contributed by atoms with Gasteiger partial charge in [0.2, 0.25) is 0 Å². The van der Waals surface area contributed by atoms with E-state index in [1.807, 2.05) is 56.3 Å². The molecule has 1 aromatic heterocycles. The molecule has 4 rings (SSSR count). The van der Waals surface area contributed by atoms with Crippen LogP contribution in [0.2, 0.25) is 0 Å². The van der Waals surface area contributed by atoms with Gasteiger partial charge in [-0.25, -0.2) is 14.4 Å². The van der Waals surface area contributed by atoms with E-state index in [-0.39, 0.29) is 5.82 Å². The number of β-amino-alcohol motifs (C(OH)–C–C–N with tert-alkyl or cyclic N) is 1. The molecule has 3 aromatic rings. The fraction of sp³-hybridized carbons (Fsp3) is 0.407. The molecule has 0 aliphatic carbocycles. The number of aliphatic hydroxyl groups is 1. The Hall–Kier alpha value is -2.83. The first kappa shape index (κ1) is 23.3. The highest BCUT2D eigenvalue weighted by atomic mass is 19.1. The molecule has 0 saturated carbocycles. The van der Waals surface area contributed by atoms with E-state index in [9.17, 15) is 9.50 Å². The van der Waals surface area contributed by atoms with Crippen LogP contribution in [0.15, 0.2) is 54.6 Å². The summed E-state index contributed by atoms with van der Waals surface area (Å²) in [4.78, 5) is 14.6. The minimum absolute atomic E-state index is 0.228. The van der Waals surface area contributed by atoms with Gasteiger partial charge in [-0.3, -0.25) is 4.90 Å². The average molecular weight is 449 g/mol. The first-order valence-corrected chi connectivity index (χ1v) is 11.7. The van der Waals surface area contributed by atoms with E-state index < -0.39 is 5.60 Å². The first-order chi connectivity index (χ1) is 15.8. The summed E-state index contributed by atoms with van der Waals surface area (Å²) < 4.78 is 13.5. The van der Waals surface area contributed by atoms with E-state index >= 15 is 0 Å². The zero-order valence-electron chi connectivity index (χ0n) is 19.8. The van der Waals surface area contributed by atoms with Crippen molar-refractivity contribution in [3.8, 4) is 11.4 Å². The Kier molecular flexibility index (Phi) is 7.05. The minimum atomic E-state index is -0.708. The summed E-state index contributed by atoms with van der Waals surface area (Å²) >= 11 is 0. The first-order valence-electron chi connectivity index (χ1n) is 11.7. The highest BCUT2D eigenvalue weighted by Crippen LogP contribution is 2.29. The quantitative estimate of drug-likeness (QED) is 0.583. The summed E-state index contributed by atoms with van der Waals surface area (Å²) in [6.45, 7) is 9.88. The molecule has 0 unspecified atom stereocenters. The molecule has 1 fully saturated rings. The van der Waals surface area contributed by atoms with Crippen molar-refractivity contribution in [1.82, 2.24) is 14.9 Å². The van der Waals surface area contributed by atoms with E-state index in [1.165, 1.54) is 12.1 Å². The van der Waals surface area contributed by atoms with Crippen molar-refractivity contribution in [2.45, 2.75) is 39.2 Å². The van der Waals surface area contributed by atoms with Gasteiger partial charge in [0.15, 0.2) is 5.82 Å². The van der Waals surface area contributed by atoms with Crippen LogP contribution in [0.5, 0.6) is 0 Å². The lowest BCUT2D eigenvalue weighted by Crippen LogP contribution is -2.51. The Labute approximate surface area is 195 Å². The second-order valence-electron chi connectivity index (χ2n) is 9.39. The van der Waals surface area contributed by atoms with Crippen LogP contribution in [0.4, 0.5) is 10.2 Å². The normalized spacial score (nSPS) is 15.1. The van der Waals surface area contributed by atoms with E-state index in [1.54, 1.807) is 0 Å². The molecule has 0 bridgehead atoms. The fourth-order valence-corrected chi connectivity index (χ4v) is 4.44. The molecule has 0 radical (unpaired) electrons. The van der Waals surface area contributed by atoms with Gasteiger partial charge in [0.25, 0.3) is 0 Å². The smallest absolute Gasteiger partial charge is 0.161 e. The van der Waals surface area contributed by atoms with E-state index in [4.69, 9.17) is 9.97 Å². The van der Waals surface area contributed by atoms with E-state index in [2.05, 4.69) is 16.7 Å². The van der Waals surface area contributed by atoms with Gasteiger partial charge < -0.3 is 10.0 Å². The molecule has 2 heterocycles. The van der Waals surface area contributed by atoms with Gasteiger partial charge >= 0.3 is 0 Å². The number of anilines is 1. The summed E-state index contributed by atoms with van der Waals surface area (Å²) in [6.07, 6.45) is 1.46. The van der Waals surface area contributed by atoms with Crippen molar-refractivity contribution in [3.05, 3.63) is 77.2 Å². The summed E-state index contributed by atoms with van der Waals surface area (Å²) in [6, 6.07) is 16.8. The van der Waals surface area contributed by atoms with Gasteiger partial charge in [0.05, 0.1) is 5.60 Å². The predicted octanol–water partition coefficient (Wildman–Crippen LogP) is 4.33. The van der Waals surface area contributed by atoms with Crippen LogP contribution in [0.25, 0.3) is 11.4 Å². The second kappa shape index (κ2) is 9.98. The monoisotopic (exact) mass is 448 g/mol. The van der Waals surface area contributed by atoms with Crippen LogP contribution in [-0.4, -0.2) is 58.3 Å². The number of rotatable bonds is 7. The number of piperazine rings is 1. The van der Waals surface area contributed by atoms with Gasteiger partial charge in [-0.1, -0.05) is 49.4 Å². The molecule has 2 aromatic carbocycles. The molecular formula is C27H33FN4O. The summed E-state index contributed by atoms with van der Waals surface area (Å²) in [5, 5.41) is 10.2. The lowest BCUT2D eigenvalue weighted by molar-refractivity contribution is 0.0344. The summed E-state index contributed by atoms with van der Waals surface area (Å²) in [7, 11) is 0. The van der Waals surface area contributed by atoms with Crippen molar-refractivity contribution in [3.63, 3.8) is 0 Å². The molecule has 33 heavy (non-hydrogen) atoms. The number of hydrogen-bond donors (Lipinski definition) is 1. The SMILES string of the molecule is CCc1nc(-c2ccccc2)nc(N2CCN(CC(C)(C)O)CC2)c1Cc1ccc(F)cc1. The number of hydrogen-bond acceptors (Lipinski definition) is 5. The Balaban J connectivity index is 1.70. The second-order valence-corrected chi connectivity index (χ2v) is 9.39. The van der Waals surface area contributed by atoms with Crippen LogP contribution in [0.3, 0.4) is 0 Å². The van der Waals surface area contributed by atoms with Gasteiger partial charge in [-0.15, -0.1) is 0 Å². The molecule has 1 saturated heterocycles. The molecule has 5 nitrogen and oxygen atoms in total. The lowest BCUT2D eigenvalue weighted by atomic mass is 10.0. The van der Waals surface area contributed by atoms with E-state index in [0.717, 1.165) is 66.6 Å². The number of nitrogens with zero attached hydrogens (tertiary/aromatic N) is 4. The number of halogens is 1. The molecule has 6 heteroatoms. The fourth-order valence-electron chi connectivity index (χ4n) is 4.44. The highest BCUT2D eigenvalue weighted by molar-refractivity contribution is 5.61. The predicted molar refractivity (Wildman–Crippen MR) is 131 cm³/mol. The Morgan fingerprint density at radius 2 is 1.61 bits per heavy atom. The van der Waals surface area contributed by atoms with Crippen molar-refractivity contribution >= 4 is 5.82 Å². The molecule has 174 valence electrons. The third kappa shape index (κ3) is 5.95. The largest absolute Gasteiger partial charge is 0.389 e. The lowest BCUT2D eigenvalue weighted by Gasteiger charge is -2.38. The standard InChI is InChI=1S/C27H33FN4O/c1-4-24-23(18-20-10-12-22(28)13-11-20)26(30-25(29-24)21-8-6-5-7-9-21)32-16-14-31(15-17-32)19-27(2,3)33/h5-13,33H,4,14-19H2,1-3H3. The molecule has 0 spiro atoms. The topological polar surface area (TPSA) is 52.5 Å². The van der Waals surface area contributed by atoms with Crippen LogP contribution in [0, 0.1) is 5.82 Å². The van der Waals surface area contributed by atoms with Gasteiger partial charge in [0.1, 0.15) is 11.6 Å². The summed E-state index contributed by atoms with van der Waals surface area (Å²) in [5.41, 5.74) is 3.48. The van der Waals surface area contributed by atoms with Crippen molar-refractivity contribution < 1.29 is 9.50 Å². The van der Waals surface area contributed by atoms with Crippen molar-refractivity contribution in [2.75, 3.05) is 37.6 Å². The number of aromatic nitrogens is 2. The van der Waals surface area contributed by atoms with Crippen LogP contribution in [-0.2, 0) is 12.8 Å². The Morgan fingerprint density at radius 3 is 2.21 bits per heavy atom.